The van der Waals surface area contributed by atoms with E-state index >= 15 is 0 Å². The van der Waals surface area contributed by atoms with Gasteiger partial charge in [0.15, 0.2) is 0 Å². The molecule has 1 aromatic rings. The molecule has 0 saturated carbocycles. The number of hydrogen-bond donors (Lipinski definition) is 1. The van der Waals surface area contributed by atoms with Gasteiger partial charge in [0, 0.05) is 5.69 Å². The zero-order chi connectivity index (χ0) is 17.3. The van der Waals surface area contributed by atoms with Gasteiger partial charge in [-0.2, -0.15) is 26.3 Å². The van der Waals surface area contributed by atoms with Gasteiger partial charge in [0.1, 0.15) is 0 Å². The Morgan fingerprint density at radius 3 is 2.00 bits per heavy atom. The van der Waals surface area contributed by atoms with E-state index in [9.17, 15) is 39.9 Å². The number of para-hydroxylation sites is 1. The molecule has 0 unspecified atom stereocenters. The summed E-state index contributed by atoms with van der Waals surface area (Å²) in [7, 11) is 0. The molecule has 0 spiro atoms. The Morgan fingerprint density at radius 1 is 1.05 bits per heavy atom. The predicted molar refractivity (Wildman–Crippen MR) is 60.7 cm³/mol. The molecule has 10 heteroatoms. The minimum Gasteiger partial charge on any atom is -0.320 e. The molecule has 0 fully saturated rings. The topological polar surface area (TPSA) is 29.1 Å². The maximum absolute atomic E-state index is 13.3. The molecule has 0 saturated heterocycles. The highest BCUT2D eigenvalue weighted by molar-refractivity contribution is 5.97. The third kappa shape index (κ3) is 2.86. The number of carbonyl (C=O) groups excluding carboxylic acids is 1. The molecule has 0 aliphatic carbocycles. The smallest absolute Gasteiger partial charge is 0.320 e. The summed E-state index contributed by atoms with van der Waals surface area (Å²) in [6, 6.07) is 5.06. The normalized spacial score (nSPS) is 13.4. The molecule has 0 aliphatic heterocycles. The molecule has 0 aromatic heterocycles. The molecular formula is C12H9F8NO. The predicted octanol–water partition coefficient (Wildman–Crippen LogP) is 4.10. The van der Waals surface area contributed by atoms with E-state index in [2.05, 4.69) is 0 Å². The van der Waals surface area contributed by atoms with Crippen LogP contribution in [0.25, 0.3) is 0 Å². The number of carbonyl (C=O) groups is 1. The molecule has 0 aliphatic rings. The van der Waals surface area contributed by atoms with Crippen molar-refractivity contribution in [2.24, 2.45) is 0 Å². The Bertz CT molecular complexity index is 558. The van der Waals surface area contributed by atoms with Gasteiger partial charge in [0.25, 0.3) is 0 Å². The van der Waals surface area contributed by atoms with E-state index in [0.29, 0.717) is 0 Å². The maximum Gasteiger partial charge on any atom is 0.393 e. The van der Waals surface area contributed by atoms with Crippen LogP contribution in [-0.4, -0.2) is 30.1 Å². The number of aryl methyl sites for hydroxylation is 1. The number of nitrogens with one attached hydrogen (secondary N) is 1. The molecule has 22 heavy (non-hydrogen) atoms. The van der Waals surface area contributed by atoms with Crippen LogP contribution in [0.5, 0.6) is 0 Å². The summed E-state index contributed by atoms with van der Waals surface area (Å²) in [5.41, 5.74) is -0.168. The van der Waals surface area contributed by atoms with Gasteiger partial charge >= 0.3 is 30.1 Å². The number of halogens is 8. The summed E-state index contributed by atoms with van der Waals surface area (Å²) in [6.07, 6.45) is -5.07. The third-order valence-electron chi connectivity index (χ3n) is 2.77. The van der Waals surface area contributed by atoms with Crippen molar-refractivity contribution in [3.05, 3.63) is 29.8 Å². The van der Waals surface area contributed by atoms with Crippen LogP contribution in [0.15, 0.2) is 24.3 Å². The number of hydrogen-bond acceptors (Lipinski definition) is 1. The Balaban J connectivity index is 3.12. The number of benzene rings is 1. The highest BCUT2D eigenvalue weighted by Crippen LogP contribution is 2.48. The van der Waals surface area contributed by atoms with Gasteiger partial charge in [-0.1, -0.05) is 18.2 Å². The second kappa shape index (κ2) is 5.73. The fourth-order valence-electron chi connectivity index (χ4n) is 1.40. The number of rotatable bonds is 5. The van der Waals surface area contributed by atoms with Gasteiger partial charge in [-0.25, -0.2) is 8.78 Å². The van der Waals surface area contributed by atoms with Crippen molar-refractivity contribution in [1.29, 1.82) is 0 Å². The largest absolute Gasteiger partial charge is 0.393 e. The fraction of sp³-hybridized carbons (Fsp3) is 0.417. The van der Waals surface area contributed by atoms with E-state index in [1.165, 1.54) is 30.4 Å². The number of amides is 1. The maximum atomic E-state index is 13.3. The van der Waals surface area contributed by atoms with Gasteiger partial charge < -0.3 is 5.32 Å². The third-order valence-corrected chi connectivity index (χ3v) is 2.77. The number of anilines is 1. The number of alkyl halides is 8. The Hall–Kier alpha value is -1.87. The van der Waals surface area contributed by atoms with Crippen molar-refractivity contribution in [2.45, 2.75) is 31.1 Å². The Labute approximate surface area is 119 Å². The van der Waals surface area contributed by atoms with Crippen LogP contribution in [0.2, 0.25) is 0 Å². The van der Waals surface area contributed by atoms with Crippen molar-refractivity contribution < 1.29 is 39.9 Å². The first-order chi connectivity index (χ1) is 9.85. The SMILES string of the molecule is Cc1ccccc1NC(=O)C(F)(F)C(F)(F)C(F)(F)C(F)F. The van der Waals surface area contributed by atoms with Crippen LogP contribution in [0.1, 0.15) is 5.56 Å². The molecule has 0 heterocycles. The van der Waals surface area contributed by atoms with Gasteiger partial charge in [0.05, 0.1) is 0 Å². The second-order valence-corrected chi connectivity index (χ2v) is 4.34. The first-order valence-electron chi connectivity index (χ1n) is 5.64. The summed E-state index contributed by atoms with van der Waals surface area (Å²) >= 11 is 0. The van der Waals surface area contributed by atoms with Crippen molar-refractivity contribution >= 4 is 11.6 Å². The van der Waals surface area contributed by atoms with Crippen LogP contribution >= 0.6 is 0 Å². The zero-order valence-electron chi connectivity index (χ0n) is 10.8. The van der Waals surface area contributed by atoms with Gasteiger partial charge in [-0.3, -0.25) is 4.79 Å². The van der Waals surface area contributed by atoms with Gasteiger partial charge in [-0.15, -0.1) is 0 Å². The summed E-state index contributed by atoms with van der Waals surface area (Å²) in [5, 5.41) is 1.32. The van der Waals surface area contributed by atoms with E-state index in [0.717, 1.165) is 6.07 Å². The lowest BCUT2D eigenvalue weighted by atomic mass is 10.0. The molecule has 1 rings (SSSR count). The fourth-order valence-corrected chi connectivity index (χ4v) is 1.40. The average Bonchev–Trinajstić information content (AvgIpc) is 2.40. The van der Waals surface area contributed by atoms with Crippen LogP contribution in [-0.2, 0) is 4.79 Å². The van der Waals surface area contributed by atoms with Gasteiger partial charge in [-0.05, 0) is 18.6 Å². The molecule has 0 bridgehead atoms. The molecule has 2 nitrogen and oxygen atoms in total. The molecule has 1 N–H and O–H groups in total. The monoisotopic (exact) mass is 335 g/mol. The van der Waals surface area contributed by atoms with Crippen molar-refractivity contribution in [3.63, 3.8) is 0 Å². The highest BCUT2D eigenvalue weighted by atomic mass is 19.4. The lowest BCUT2D eigenvalue weighted by molar-refractivity contribution is -0.326. The van der Waals surface area contributed by atoms with Crippen LogP contribution in [0.3, 0.4) is 0 Å². The van der Waals surface area contributed by atoms with E-state index < -0.39 is 30.1 Å². The minimum atomic E-state index is -6.57. The quantitative estimate of drug-likeness (QED) is 0.807. The first-order valence-corrected chi connectivity index (χ1v) is 5.64. The zero-order valence-corrected chi connectivity index (χ0v) is 10.8. The summed E-state index contributed by atoms with van der Waals surface area (Å²) < 4.78 is 102. The van der Waals surface area contributed by atoms with Crippen LogP contribution in [0, 0.1) is 6.92 Å². The second-order valence-electron chi connectivity index (χ2n) is 4.34. The van der Waals surface area contributed by atoms with E-state index in [-0.39, 0.29) is 11.3 Å². The Kier molecular flexibility index (Phi) is 4.73. The summed E-state index contributed by atoms with van der Waals surface area (Å²) in [4.78, 5) is 11.2. The molecule has 1 aromatic carbocycles. The van der Waals surface area contributed by atoms with Crippen molar-refractivity contribution in [3.8, 4) is 0 Å². The molecule has 0 radical (unpaired) electrons. The summed E-state index contributed by atoms with van der Waals surface area (Å²) in [6.45, 7) is 1.32. The van der Waals surface area contributed by atoms with Crippen LogP contribution < -0.4 is 5.32 Å². The molecular weight excluding hydrogens is 326 g/mol. The molecule has 1 amide bonds. The van der Waals surface area contributed by atoms with E-state index in [4.69, 9.17) is 0 Å². The lowest BCUT2D eigenvalue weighted by Crippen LogP contribution is -2.61. The Morgan fingerprint density at radius 2 is 1.55 bits per heavy atom. The molecule has 0 atom stereocenters. The highest BCUT2D eigenvalue weighted by Gasteiger charge is 2.78. The van der Waals surface area contributed by atoms with E-state index in [1.54, 1.807) is 0 Å². The van der Waals surface area contributed by atoms with Gasteiger partial charge in [0.2, 0.25) is 0 Å². The minimum absolute atomic E-state index is 0.176. The first kappa shape index (κ1) is 18.2. The van der Waals surface area contributed by atoms with Crippen molar-refractivity contribution in [2.75, 3.05) is 5.32 Å². The van der Waals surface area contributed by atoms with Crippen molar-refractivity contribution in [1.82, 2.24) is 0 Å². The average molecular weight is 335 g/mol. The van der Waals surface area contributed by atoms with Crippen LogP contribution in [0.4, 0.5) is 40.8 Å². The lowest BCUT2D eigenvalue weighted by Gasteiger charge is -2.31. The standard InChI is InChI=1S/C12H9F8NO/c1-6-4-2-3-5-7(6)21-9(22)11(17,18)12(19,20)10(15,16)8(13)14/h2-5,8H,1H3,(H,21,22). The summed E-state index contributed by atoms with van der Waals surface area (Å²) in [5.74, 6) is -21.8. The van der Waals surface area contributed by atoms with E-state index in [1.807, 2.05) is 0 Å². The molecule has 124 valence electrons.